The summed E-state index contributed by atoms with van der Waals surface area (Å²) in [5.74, 6) is -2.47. The molecule has 120 valence electrons. The first-order valence-corrected chi connectivity index (χ1v) is 6.99. The van der Waals surface area contributed by atoms with Crippen LogP contribution in [-0.4, -0.2) is 27.9 Å². The highest BCUT2D eigenvalue weighted by atomic mass is 16.2. The number of nitrogens with zero attached hydrogens (tertiary/aromatic N) is 1. The van der Waals surface area contributed by atoms with Crippen molar-refractivity contribution in [3.63, 3.8) is 0 Å². The van der Waals surface area contributed by atoms with Crippen LogP contribution in [0.25, 0.3) is 10.9 Å². The van der Waals surface area contributed by atoms with E-state index in [-0.39, 0.29) is 11.3 Å². The van der Waals surface area contributed by atoms with E-state index in [1.54, 1.807) is 36.5 Å². The Balaban J connectivity index is 1.73. The van der Waals surface area contributed by atoms with Gasteiger partial charge in [-0.3, -0.25) is 19.5 Å². The molecule has 0 aliphatic heterocycles. The zero-order valence-corrected chi connectivity index (χ0v) is 12.4. The Morgan fingerprint density at radius 3 is 2.54 bits per heavy atom. The van der Waals surface area contributed by atoms with Crippen molar-refractivity contribution < 1.29 is 14.4 Å². The van der Waals surface area contributed by atoms with Gasteiger partial charge in [0.15, 0.2) is 0 Å². The van der Waals surface area contributed by atoms with Crippen LogP contribution in [0.3, 0.4) is 0 Å². The van der Waals surface area contributed by atoms with E-state index in [0.717, 1.165) is 10.9 Å². The molecule has 0 aliphatic rings. The average Bonchev–Trinajstić information content (AvgIpc) is 3.02. The quantitative estimate of drug-likeness (QED) is 0.540. The molecular formula is C16H13N5O3. The van der Waals surface area contributed by atoms with Gasteiger partial charge in [0.1, 0.15) is 0 Å². The van der Waals surface area contributed by atoms with Gasteiger partial charge >= 0.3 is 11.8 Å². The highest BCUT2D eigenvalue weighted by Crippen LogP contribution is 2.17. The molecule has 1 aromatic heterocycles. The van der Waals surface area contributed by atoms with Gasteiger partial charge in [-0.2, -0.15) is 5.10 Å². The zero-order chi connectivity index (χ0) is 17.1. The van der Waals surface area contributed by atoms with E-state index < -0.39 is 17.7 Å². The van der Waals surface area contributed by atoms with Crippen LogP contribution in [0, 0.1) is 0 Å². The van der Waals surface area contributed by atoms with E-state index in [1.807, 2.05) is 0 Å². The lowest BCUT2D eigenvalue weighted by Gasteiger charge is -2.09. The Bertz CT molecular complexity index is 948. The number of carbonyl (C=O) groups excluding carboxylic acids is 3. The van der Waals surface area contributed by atoms with Crippen LogP contribution < -0.4 is 16.4 Å². The third-order valence-corrected chi connectivity index (χ3v) is 3.35. The summed E-state index contributed by atoms with van der Waals surface area (Å²) in [7, 11) is 0. The fraction of sp³-hybridized carbons (Fsp3) is 0. The Kier molecular flexibility index (Phi) is 3.94. The molecule has 0 atom stereocenters. The van der Waals surface area contributed by atoms with Gasteiger partial charge in [0, 0.05) is 11.1 Å². The minimum absolute atomic E-state index is 0.123. The number of carbonyl (C=O) groups is 3. The summed E-state index contributed by atoms with van der Waals surface area (Å²) in [5.41, 5.74) is 6.70. The maximum Gasteiger partial charge on any atom is 0.314 e. The van der Waals surface area contributed by atoms with Crippen molar-refractivity contribution in [3.05, 3.63) is 54.2 Å². The number of nitrogens with two attached hydrogens (primary N) is 1. The normalized spacial score (nSPS) is 10.3. The maximum atomic E-state index is 12.0. The van der Waals surface area contributed by atoms with Crippen molar-refractivity contribution in [2.24, 2.45) is 5.73 Å². The number of hydrogen-bond donors (Lipinski definition) is 4. The molecule has 2 aromatic carbocycles. The summed E-state index contributed by atoms with van der Waals surface area (Å²) in [4.78, 5) is 35.3. The van der Waals surface area contributed by atoms with Crippen molar-refractivity contribution in [2.75, 3.05) is 10.6 Å². The number of aromatic nitrogens is 2. The molecule has 3 amide bonds. The maximum absolute atomic E-state index is 12.0. The number of fused-ring (bicyclic) bond motifs is 1. The van der Waals surface area contributed by atoms with Crippen LogP contribution in [0.4, 0.5) is 11.4 Å². The second kappa shape index (κ2) is 6.21. The third kappa shape index (κ3) is 3.07. The average molecular weight is 323 g/mol. The smallest absolute Gasteiger partial charge is 0.314 e. The number of H-pyrrole nitrogens is 1. The second-order valence-corrected chi connectivity index (χ2v) is 4.99. The number of anilines is 2. The molecule has 0 aliphatic carbocycles. The van der Waals surface area contributed by atoms with Crippen molar-refractivity contribution in [3.8, 4) is 0 Å². The molecule has 0 fully saturated rings. The molecule has 8 nitrogen and oxygen atoms in total. The number of para-hydroxylation sites is 1. The van der Waals surface area contributed by atoms with Gasteiger partial charge in [0.25, 0.3) is 5.91 Å². The second-order valence-electron chi connectivity index (χ2n) is 4.99. The first-order chi connectivity index (χ1) is 11.5. The van der Waals surface area contributed by atoms with Gasteiger partial charge in [-0.05, 0) is 30.3 Å². The number of aromatic amines is 1. The molecule has 24 heavy (non-hydrogen) atoms. The van der Waals surface area contributed by atoms with Crippen LogP contribution in [0.15, 0.2) is 48.7 Å². The predicted molar refractivity (Wildman–Crippen MR) is 88.3 cm³/mol. The first-order valence-electron chi connectivity index (χ1n) is 6.99. The van der Waals surface area contributed by atoms with Crippen LogP contribution in [0.2, 0.25) is 0 Å². The van der Waals surface area contributed by atoms with Crippen LogP contribution in [0.1, 0.15) is 10.4 Å². The van der Waals surface area contributed by atoms with E-state index in [0.29, 0.717) is 5.69 Å². The Labute approximate surface area is 136 Å². The fourth-order valence-corrected chi connectivity index (χ4v) is 2.19. The zero-order valence-electron chi connectivity index (χ0n) is 12.4. The summed E-state index contributed by atoms with van der Waals surface area (Å²) >= 11 is 0. The minimum atomic E-state index is -0.909. The van der Waals surface area contributed by atoms with E-state index in [4.69, 9.17) is 5.73 Å². The Hall–Kier alpha value is -3.68. The van der Waals surface area contributed by atoms with Crippen LogP contribution in [-0.2, 0) is 9.59 Å². The largest absolute Gasteiger partial charge is 0.366 e. The highest BCUT2D eigenvalue weighted by molar-refractivity contribution is 6.44. The number of rotatable bonds is 3. The number of benzene rings is 2. The minimum Gasteiger partial charge on any atom is -0.366 e. The van der Waals surface area contributed by atoms with Gasteiger partial charge in [-0.25, -0.2) is 0 Å². The lowest BCUT2D eigenvalue weighted by molar-refractivity contribution is -0.133. The molecule has 5 N–H and O–H groups in total. The van der Waals surface area contributed by atoms with Gasteiger partial charge < -0.3 is 16.4 Å². The molecule has 0 saturated heterocycles. The lowest BCUT2D eigenvalue weighted by atomic mass is 10.1. The van der Waals surface area contributed by atoms with Crippen LogP contribution >= 0.6 is 0 Å². The van der Waals surface area contributed by atoms with E-state index in [2.05, 4.69) is 20.8 Å². The monoisotopic (exact) mass is 323 g/mol. The van der Waals surface area contributed by atoms with E-state index >= 15 is 0 Å². The Morgan fingerprint density at radius 1 is 1.00 bits per heavy atom. The molecule has 1 heterocycles. The van der Waals surface area contributed by atoms with Crippen molar-refractivity contribution in [1.82, 2.24) is 10.2 Å². The molecule has 3 rings (SSSR count). The van der Waals surface area contributed by atoms with Gasteiger partial charge in [-0.15, -0.1) is 0 Å². The molecule has 0 unspecified atom stereocenters. The summed E-state index contributed by atoms with van der Waals surface area (Å²) in [6, 6.07) is 11.2. The number of nitrogens with one attached hydrogen (secondary N) is 3. The fourth-order valence-electron chi connectivity index (χ4n) is 2.19. The molecule has 0 bridgehead atoms. The van der Waals surface area contributed by atoms with Crippen molar-refractivity contribution >= 4 is 40.0 Å². The molecule has 0 spiro atoms. The summed E-state index contributed by atoms with van der Waals surface area (Å²) in [6.45, 7) is 0. The predicted octanol–water partition coefficient (Wildman–Crippen LogP) is 1.24. The topological polar surface area (TPSA) is 130 Å². The van der Waals surface area contributed by atoms with E-state index in [1.165, 1.54) is 12.1 Å². The van der Waals surface area contributed by atoms with Gasteiger partial charge in [0.2, 0.25) is 0 Å². The number of hydrogen-bond acceptors (Lipinski definition) is 4. The molecular weight excluding hydrogens is 310 g/mol. The summed E-state index contributed by atoms with van der Waals surface area (Å²) in [5, 5.41) is 12.4. The standard InChI is InChI=1S/C16H13N5O3/c17-14(22)11-3-1-2-4-12(11)20-16(24)15(23)19-10-6-5-9-8-18-21-13(9)7-10/h1-8H,(H2,17,22)(H,18,21)(H,19,23)(H,20,24). The highest BCUT2D eigenvalue weighted by Gasteiger charge is 2.17. The van der Waals surface area contributed by atoms with Crippen molar-refractivity contribution in [2.45, 2.75) is 0 Å². The van der Waals surface area contributed by atoms with E-state index in [9.17, 15) is 14.4 Å². The molecule has 3 aromatic rings. The molecule has 0 saturated carbocycles. The molecule has 0 radical (unpaired) electrons. The number of amides is 3. The third-order valence-electron chi connectivity index (χ3n) is 3.35. The summed E-state index contributed by atoms with van der Waals surface area (Å²) < 4.78 is 0. The summed E-state index contributed by atoms with van der Waals surface area (Å²) in [6.07, 6.45) is 1.65. The Morgan fingerprint density at radius 2 is 1.75 bits per heavy atom. The lowest BCUT2D eigenvalue weighted by Crippen LogP contribution is -2.30. The van der Waals surface area contributed by atoms with Gasteiger partial charge in [0.05, 0.1) is 23.0 Å². The van der Waals surface area contributed by atoms with Crippen LogP contribution in [0.5, 0.6) is 0 Å². The van der Waals surface area contributed by atoms with Crippen molar-refractivity contribution in [1.29, 1.82) is 0 Å². The molecule has 8 heteroatoms. The first kappa shape index (κ1) is 15.2. The SMILES string of the molecule is NC(=O)c1ccccc1NC(=O)C(=O)Nc1ccc2cn[nH]c2c1. The van der Waals surface area contributed by atoms with Gasteiger partial charge in [-0.1, -0.05) is 12.1 Å². The number of primary amides is 1.